The zero-order valence-electron chi connectivity index (χ0n) is 25.9. The van der Waals surface area contributed by atoms with Crippen molar-refractivity contribution in [2.24, 2.45) is 0 Å². The van der Waals surface area contributed by atoms with Gasteiger partial charge in [-0.05, 0) is 72.9 Å². The minimum Gasteiger partial charge on any atom is -0.354 e. The molecule has 0 aliphatic carbocycles. The Balaban J connectivity index is 1.81. The van der Waals surface area contributed by atoms with Gasteiger partial charge in [0.1, 0.15) is 12.6 Å². The van der Waals surface area contributed by atoms with Crippen LogP contribution < -0.4 is 9.62 Å². The molecular weight excluding hydrogens is 606 g/mol. The molecule has 4 aromatic rings. The molecule has 9 heteroatoms. The van der Waals surface area contributed by atoms with Crippen LogP contribution in [0.3, 0.4) is 0 Å². The number of rotatable bonds is 14. The summed E-state index contributed by atoms with van der Waals surface area (Å²) < 4.78 is 29.5. The van der Waals surface area contributed by atoms with E-state index >= 15 is 0 Å². The van der Waals surface area contributed by atoms with Crippen molar-refractivity contribution in [1.29, 1.82) is 0 Å². The van der Waals surface area contributed by atoms with Gasteiger partial charge in [-0.15, -0.1) is 0 Å². The molecule has 7 nitrogen and oxygen atoms in total. The van der Waals surface area contributed by atoms with E-state index in [2.05, 4.69) is 5.32 Å². The van der Waals surface area contributed by atoms with Crippen molar-refractivity contribution in [3.63, 3.8) is 0 Å². The van der Waals surface area contributed by atoms with Crippen LogP contribution in [-0.4, -0.2) is 44.3 Å². The van der Waals surface area contributed by atoms with Gasteiger partial charge in [0.2, 0.25) is 11.8 Å². The smallest absolute Gasteiger partial charge is 0.264 e. The average Bonchev–Trinajstić information content (AvgIpc) is 3.04. The Bertz CT molecular complexity index is 1680. The highest BCUT2D eigenvalue weighted by Crippen LogP contribution is 2.29. The first kappa shape index (κ1) is 33.7. The number of nitrogens with zero attached hydrogens (tertiary/aromatic N) is 2. The van der Waals surface area contributed by atoms with Crippen LogP contribution in [0.25, 0.3) is 0 Å². The molecule has 0 aromatic heterocycles. The maximum absolute atomic E-state index is 14.6. The van der Waals surface area contributed by atoms with Crippen molar-refractivity contribution >= 4 is 39.1 Å². The van der Waals surface area contributed by atoms with Crippen molar-refractivity contribution in [2.75, 3.05) is 17.4 Å². The third-order valence-corrected chi connectivity index (χ3v) is 9.85. The summed E-state index contributed by atoms with van der Waals surface area (Å²) in [7, 11) is -4.16. The van der Waals surface area contributed by atoms with Crippen molar-refractivity contribution < 1.29 is 18.0 Å². The lowest BCUT2D eigenvalue weighted by molar-refractivity contribution is -0.140. The van der Waals surface area contributed by atoms with Crippen molar-refractivity contribution in [1.82, 2.24) is 10.2 Å². The van der Waals surface area contributed by atoms with Crippen LogP contribution in [0.15, 0.2) is 108 Å². The molecule has 1 N–H and O–H groups in total. The molecular formula is C36H40ClN3O4S. The van der Waals surface area contributed by atoms with Gasteiger partial charge in [-0.1, -0.05) is 97.7 Å². The molecule has 4 rings (SSSR count). The molecule has 0 radical (unpaired) electrons. The van der Waals surface area contributed by atoms with Crippen LogP contribution in [0.4, 0.5) is 5.69 Å². The lowest BCUT2D eigenvalue weighted by Gasteiger charge is -2.34. The van der Waals surface area contributed by atoms with Gasteiger partial charge in [-0.2, -0.15) is 0 Å². The highest BCUT2D eigenvalue weighted by Gasteiger charge is 2.35. The Labute approximate surface area is 271 Å². The summed E-state index contributed by atoms with van der Waals surface area (Å²) in [5.41, 5.74) is 3.68. The number of hydrogen-bond donors (Lipinski definition) is 1. The number of hydrogen-bond acceptors (Lipinski definition) is 4. The van der Waals surface area contributed by atoms with E-state index in [0.29, 0.717) is 17.3 Å². The lowest BCUT2D eigenvalue weighted by Crippen LogP contribution is -2.53. The number of anilines is 1. The normalized spacial score (nSPS) is 11.9. The summed E-state index contributed by atoms with van der Waals surface area (Å²) in [6.07, 6.45) is 1.96. The van der Waals surface area contributed by atoms with E-state index in [9.17, 15) is 18.0 Å². The number of halogens is 1. The molecule has 0 heterocycles. The van der Waals surface area contributed by atoms with E-state index in [4.69, 9.17) is 11.6 Å². The molecule has 45 heavy (non-hydrogen) atoms. The Hall–Kier alpha value is -4.14. The first-order chi connectivity index (χ1) is 21.6. The topological polar surface area (TPSA) is 86.8 Å². The van der Waals surface area contributed by atoms with Gasteiger partial charge < -0.3 is 10.2 Å². The largest absolute Gasteiger partial charge is 0.354 e. The Morgan fingerprint density at radius 2 is 1.47 bits per heavy atom. The molecule has 0 aliphatic rings. The number of carbonyl (C=O) groups excluding carboxylic acids is 2. The quantitative estimate of drug-likeness (QED) is 0.155. The van der Waals surface area contributed by atoms with Crippen molar-refractivity contribution in [3.8, 4) is 0 Å². The van der Waals surface area contributed by atoms with E-state index in [1.54, 1.807) is 54.6 Å². The number of carbonyl (C=O) groups is 2. The summed E-state index contributed by atoms with van der Waals surface area (Å²) in [6.45, 7) is 5.84. The Morgan fingerprint density at radius 3 is 2.11 bits per heavy atom. The highest BCUT2D eigenvalue weighted by molar-refractivity contribution is 7.92. The van der Waals surface area contributed by atoms with Gasteiger partial charge in [-0.3, -0.25) is 13.9 Å². The number of aryl methyl sites for hydroxylation is 1. The van der Waals surface area contributed by atoms with Gasteiger partial charge in [0.15, 0.2) is 0 Å². The number of sulfonamides is 1. The van der Waals surface area contributed by atoms with Crippen LogP contribution in [-0.2, 0) is 32.6 Å². The molecule has 1 atom stereocenters. The van der Waals surface area contributed by atoms with Crippen LogP contribution >= 0.6 is 11.6 Å². The molecule has 4 aromatic carbocycles. The van der Waals surface area contributed by atoms with Crippen LogP contribution in [0, 0.1) is 13.8 Å². The SMILES string of the molecule is CCCCNC(=O)[C@@H](Cc1ccccc1)N(Cc1ccc(Cl)cc1)C(=O)CN(c1cccc(C)c1C)S(=O)(=O)c1ccccc1. The van der Waals surface area contributed by atoms with E-state index < -0.39 is 28.5 Å². The molecule has 0 saturated carbocycles. The number of nitrogens with one attached hydrogen (secondary N) is 1. The first-order valence-corrected chi connectivity index (χ1v) is 16.9. The summed E-state index contributed by atoms with van der Waals surface area (Å²) in [5, 5.41) is 3.55. The van der Waals surface area contributed by atoms with Gasteiger partial charge in [0.25, 0.3) is 10.0 Å². The summed E-state index contributed by atoms with van der Waals surface area (Å²) >= 11 is 6.16. The lowest BCUT2D eigenvalue weighted by atomic mass is 10.0. The second kappa shape index (κ2) is 15.7. The maximum Gasteiger partial charge on any atom is 0.264 e. The number of benzene rings is 4. The van der Waals surface area contributed by atoms with Crippen LogP contribution in [0.2, 0.25) is 5.02 Å². The number of amides is 2. The predicted octanol–water partition coefficient (Wildman–Crippen LogP) is 6.71. The van der Waals surface area contributed by atoms with Crippen LogP contribution in [0.1, 0.15) is 42.0 Å². The minimum absolute atomic E-state index is 0.0705. The fourth-order valence-electron chi connectivity index (χ4n) is 5.09. The van der Waals surface area contributed by atoms with Gasteiger partial charge in [0.05, 0.1) is 10.6 Å². The standard InChI is InChI=1S/C36H40ClN3O4S/c1-4-5-23-38-36(42)34(24-29-14-8-6-9-15-29)39(25-30-19-21-31(37)22-20-30)35(41)26-40(33-18-12-13-27(2)28(33)3)45(43,44)32-16-10-7-11-17-32/h6-22,34H,4-5,23-26H2,1-3H3,(H,38,42)/t34-/m1/s1. The van der Waals surface area contributed by atoms with Crippen LogP contribution in [0.5, 0.6) is 0 Å². The van der Waals surface area contributed by atoms with Gasteiger partial charge >= 0.3 is 0 Å². The van der Waals surface area contributed by atoms with E-state index in [-0.39, 0.29) is 23.8 Å². The highest BCUT2D eigenvalue weighted by atomic mass is 35.5. The maximum atomic E-state index is 14.6. The summed E-state index contributed by atoms with van der Waals surface area (Å²) in [5.74, 6) is -0.796. The first-order valence-electron chi connectivity index (χ1n) is 15.1. The molecule has 236 valence electrons. The predicted molar refractivity (Wildman–Crippen MR) is 181 cm³/mol. The Morgan fingerprint density at radius 1 is 0.822 bits per heavy atom. The second-order valence-electron chi connectivity index (χ2n) is 11.0. The zero-order chi connectivity index (χ0) is 32.4. The molecule has 0 bridgehead atoms. The van der Waals surface area contributed by atoms with E-state index in [0.717, 1.165) is 39.4 Å². The minimum atomic E-state index is -4.16. The third kappa shape index (κ3) is 8.74. The third-order valence-electron chi connectivity index (χ3n) is 7.82. The van der Waals surface area contributed by atoms with E-state index in [1.807, 2.05) is 57.2 Å². The van der Waals surface area contributed by atoms with E-state index in [1.165, 1.54) is 17.0 Å². The zero-order valence-corrected chi connectivity index (χ0v) is 27.5. The van der Waals surface area contributed by atoms with Crippen molar-refractivity contribution in [3.05, 3.63) is 130 Å². The fraction of sp³-hybridized carbons (Fsp3) is 0.278. The Kier molecular flexibility index (Phi) is 11.8. The second-order valence-corrected chi connectivity index (χ2v) is 13.3. The fourth-order valence-corrected chi connectivity index (χ4v) is 6.70. The monoisotopic (exact) mass is 645 g/mol. The van der Waals surface area contributed by atoms with Gasteiger partial charge in [0, 0.05) is 24.5 Å². The molecule has 0 fully saturated rings. The van der Waals surface area contributed by atoms with Crippen molar-refractivity contribution in [2.45, 2.75) is 57.5 Å². The molecule has 0 aliphatic heterocycles. The van der Waals surface area contributed by atoms with Gasteiger partial charge in [-0.25, -0.2) is 8.42 Å². The summed E-state index contributed by atoms with van der Waals surface area (Å²) in [4.78, 5) is 29.9. The molecule has 2 amide bonds. The number of unbranched alkanes of at least 4 members (excludes halogenated alkanes) is 1. The molecule has 0 unspecified atom stereocenters. The summed E-state index contributed by atoms with van der Waals surface area (Å²) in [6, 6.07) is 29.2. The average molecular weight is 646 g/mol. The molecule has 0 saturated heterocycles. The molecule has 0 spiro atoms.